The van der Waals surface area contributed by atoms with Crippen molar-refractivity contribution in [1.82, 2.24) is 0 Å². The van der Waals surface area contributed by atoms with Gasteiger partial charge in [0.2, 0.25) is 4.74 Å². The van der Waals surface area contributed by atoms with Crippen molar-refractivity contribution in [2.75, 3.05) is 0 Å². The molecule has 0 aliphatic carbocycles. The first-order valence-corrected chi connectivity index (χ1v) is 8.31. The molecule has 24 heavy (non-hydrogen) atoms. The van der Waals surface area contributed by atoms with Gasteiger partial charge in [-0.05, 0) is 49.6 Å². The Labute approximate surface area is 143 Å². The van der Waals surface area contributed by atoms with Crippen LogP contribution >= 0.6 is 11.3 Å². The standard InChI is InChI=1S/C19H17NO3S/c1-10-8-11(2)15(12(3)9-10)16-17(23-19(20)22)13-6-4-5-7-14(13)24-18(16)21/h4-9H,1-3H3,(H2,20,22). The van der Waals surface area contributed by atoms with Crippen molar-refractivity contribution >= 4 is 27.5 Å². The van der Waals surface area contributed by atoms with Gasteiger partial charge >= 0.3 is 6.09 Å². The zero-order valence-electron chi connectivity index (χ0n) is 13.7. The Kier molecular flexibility index (Phi) is 4.11. The van der Waals surface area contributed by atoms with Gasteiger partial charge < -0.3 is 10.5 Å². The largest absolute Gasteiger partial charge is 0.410 e. The highest BCUT2D eigenvalue weighted by Gasteiger charge is 2.21. The van der Waals surface area contributed by atoms with Crippen LogP contribution in [0.1, 0.15) is 16.7 Å². The number of aryl methyl sites for hydroxylation is 3. The second-order valence-corrected chi connectivity index (χ2v) is 6.80. The minimum atomic E-state index is -0.931. The van der Waals surface area contributed by atoms with E-state index in [0.29, 0.717) is 10.9 Å². The molecule has 0 fully saturated rings. The van der Waals surface area contributed by atoms with Crippen LogP contribution in [-0.2, 0) is 0 Å². The van der Waals surface area contributed by atoms with Crippen molar-refractivity contribution in [3.05, 3.63) is 62.6 Å². The Balaban J connectivity index is 2.46. The van der Waals surface area contributed by atoms with Crippen molar-refractivity contribution < 1.29 is 9.53 Å². The lowest BCUT2D eigenvalue weighted by atomic mass is 9.94. The van der Waals surface area contributed by atoms with E-state index >= 15 is 0 Å². The highest BCUT2D eigenvalue weighted by Crippen LogP contribution is 2.38. The fourth-order valence-electron chi connectivity index (χ4n) is 3.12. The van der Waals surface area contributed by atoms with Crippen LogP contribution in [0.4, 0.5) is 4.79 Å². The quantitative estimate of drug-likeness (QED) is 0.756. The van der Waals surface area contributed by atoms with Gasteiger partial charge in [0.1, 0.15) is 0 Å². The number of hydrogen-bond acceptors (Lipinski definition) is 4. The maximum Gasteiger partial charge on any atom is 0.410 e. The molecule has 5 heteroatoms. The number of amides is 1. The van der Waals surface area contributed by atoms with E-state index in [1.165, 1.54) is 0 Å². The van der Waals surface area contributed by atoms with Crippen LogP contribution in [0, 0.1) is 20.8 Å². The predicted molar refractivity (Wildman–Crippen MR) is 98.0 cm³/mol. The summed E-state index contributed by atoms with van der Waals surface area (Å²) in [7, 11) is 0. The molecule has 0 bridgehead atoms. The van der Waals surface area contributed by atoms with Gasteiger partial charge in [-0.1, -0.05) is 41.2 Å². The molecule has 0 saturated heterocycles. The molecule has 2 N–H and O–H groups in total. The topological polar surface area (TPSA) is 69.4 Å². The lowest BCUT2D eigenvalue weighted by molar-refractivity contribution is 0.211. The van der Waals surface area contributed by atoms with E-state index in [0.717, 1.165) is 38.3 Å². The molecule has 3 aromatic rings. The molecule has 0 atom stereocenters. The predicted octanol–water partition coefficient (Wildman–Crippen LogP) is 4.31. The molecule has 2 aromatic carbocycles. The van der Waals surface area contributed by atoms with Crippen molar-refractivity contribution in [3.63, 3.8) is 0 Å². The molecule has 0 radical (unpaired) electrons. The number of fused-ring (bicyclic) bond motifs is 1. The minimum absolute atomic E-state index is 0.153. The van der Waals surface area contributed by atoms with Gasteiger partial charge in [0, 0.05) is 10.1 Å². The molecule has 0 saturated carbocycles. The molecule has 0 aliphatic heterocycles. The summed E-state index contributed by atoms with van der Waals surface area (Å²) in [6.07, 6.45) is -0.931. The number of hydrogen-bond donors (Lipinski definition) is 1. The van der Waals surface area contributed by atoms with Crippen molar-refractivity contribution in [3.8, 4) is 16.9 Å². The molecule has 0 aliphatic rings. The van der Waals surface area contributed by atoms with E-state index in [4.69, 9.17) is 10.5 Å². The van der Waals surface area contributed by atoms with Crippen LogP contribution in [0.25, 0.3) is 21.2 Å². The van der Waals surface area contributed by atoms with Crippen molar-refractivity contribution in [1.29, 1.82) is 0 Å². The Morgan fingerprint density at radius 2 is 1.67 bits per heavy atom. The molecule has 1 heterocycles. The third kappa shape index (κ3) is 2.78. The smallest absolute Gasteiger partial charge is 0.409 e. The molecule has 0 unspecified atom stereocenters. The number of ether oxygens (including phenoxy) is 1. The fraction of sp³-hybridized carbons (Fsp3) is 0.158. The van der Waals surface area contributed by atoms with Crippen LogP contribution in [0.2, 0.25) is 0 Å². The lowest BCUT2D eigenvalue weighted by Gasteiger charge is -2.15. The first kappa shape index (κ1) is 16.2. The SMILES string of the molecule is Cc1cc(C)c(-c2c(OC(N)=O)c3ccccc3sc2=O)c(C)c1. The van der Waals surface area contributed by atoms with Crippen LogP contribution in [0.3, 0.4) is 0 Å². The fourth-order valence-corrected chi connectivity index (χ4v) is 4.03. The number of primary amides is 1. The first-order chi connectivity index (χ1) is 11.4. The Bertz CT molecular complexity index is 998. The number of carbonyl (C=O) groups excluding carboxylic acids is 1. The first-order valence-electron chi connectivity index (χ1n) is 7.50. The molecule has 122 valence electrons. The van der Waals surface area contributed by atoms with Crippen molar-refractivity contribution in [2.45, 2.75) is 20.8 Å². The van der Waals surface area contributed by atoms with E-state index in [-0.39, 0.29) is 10.5 Å². The van der Waals surface area contributed by atoms with Crippen molar-refractivity contribution in [2.24, 2.45) is 5.73 Å². The van der Waals surface area contributed by atoms with Crippen LogP contribution in [0.5, 0.6) is 5.75 Å². The zero-order chi connectivity index (χ0) is 17.4. The van der Waals surface area contributed by atoms with Crippen LogP contribution in [0.15, 0.2) is 41.2 Å². The van der Waals surface area contributed by atoms with E-state index in [1.807, 2.05) is 57.2 Å². The van der Waals surface area contributed by atoms with Gasteiger partial charge in [0.25, 0.3) is 0 Å². The maximum atomic E-state index is 12.8. The van der Waals surface area contributed by atoms with Crippen LogP contribution in [-0.4, -0.2) is 6.09 Å². The average Bonchev–Trinajstić information content (AvgIpc) is 2.48. The van der Waals surface area contributed by atoms with E-state index < -0.39 is 6.09 Å². The number of carbonyl (C=O) groups is 1. The van der Waals surface area contributed by atoms with Gasteiger partial charge in [-0.15, -0.1) is 0 Å². The van der Waals surface area contributed by atoms with Gasteiger partial charge in [0.05, 0.1) is 5.56 Å². The molecule has 3 rings (SSSR count). The molecule has 0 spiro atoms. The summed E-state index contributed by atoms with van der Waals surface area (Å²) in [6, 6.07) is 11.4. The molecule has 1 aromatic heterocycles. The van der Waals surface area contributed by atoms with E-state index in [9.17, 15) is 9.59 Å². The van der Waals surface area contributed by atoms with Gasteiger partial charge in [-0.25, -0.2) is 4.79 Å². The number of rotatable bonds is 2. The molecule has 4 nitrogen and oxygen atoms in total. The normalized spacial score (nSPS) is 10.8. The summed E-state index contributed by atoms with van der Waals surface area (Å²) in [5, 5.41) is 0.704. The minimum Gasteiger partial charge on any atom is -0.409 e. The summed E-state index contributed by atoms with van der Waals surface area (Å²) in [5.41, 5.74) is 9.48. The highest BCUT2D eigenvalue weighted by atomic mass is 32.1. The van der Waals surface area contributed by atoms with Crippen LogP contribution < -0.4 is 15.2 Å². The average molecular weight is 339 g/mol. The van der Waals surface area contributed by atoms with Gasteiger partial charge in [-0.2, -0.15) is 0 Å². The van der Waals surface area contributed by atoms with E-state index in [2.05, 4.69) is 0 Å². The second kappa shape index (κ2) is 6.09. The van der Waals surface area contributed by atoms with Gasteiger partial charge in [-0.3, -0.25) is 4.79 Å². The van der Waals surface area contributed by atoms with E-state index in [1.54, 1.807) is 0 Å². The molecular weight excluding hydrogens is 322 g/mol. The number of nitrogens with two attached hydrogens (primary N) is 1. The lowest BCUT2D eigenvalue weighted by Crippen LogP contribution is -2.18. The summed E-state index contributed by atoms with van der Waals surface area (Å²) in [4.78, 5) is 24.2. The molecule has 1 amide bonds. The molecular formula is C19H17NO3S. The summed E-state index contributed by atoms with van der Waals surface area (Å²) in [5.74, 6) is 0.233. The number of benzene rings is 2. The Morgan fingerprint density at radius 1 is 1.04 bits per heavy atom. The zero-order valence-corrected chi connectivity index (χ0v) is 14.5. The monoisotopic (exact) mass is 339 g/mol. The Hall–Kier alpha value is -2.66. The second-order valence-electron chi connectivity index (χ2n) is 5.78. The third-order valence-corrected chi connectivity index (χ3v) is 4.86. The maximum absolute atomic E-state index is 12.8. The van der Waals surface area contributed by atoms with Gasteiger partial charge in [0.15, 0.2) is 5.75 Å². The third-order valence-electron chi connectivity index (χ3n) is 3.90. The summed E-state index contributed by atoms with van der Waals surface area (Å²) >= 11 is 1.14. The Morgan fingerprint density at radius 3 is 2.29 bits per heavy atom. The summed E-state index contributed by atoms with van der Waals surface area (Å²) < 4.78 is 5.88. The highest BCUT2D eigenvalue weighted by molar-refractivity contribution is 7.16. The summed E-state index contributed by atoms with van der Waals surface area (Å²) in [6.45, 7) is 5.90.